The molecule has 2 aromatic rings. The molecule has 0 fully saturated rings. The number of carbonyl (C=O) groups is 1. The largest absolute Gasteiger partial charge is 0.493 e. The van der Waals surface area contributed by atoms with E-state index in [2.05, 4.69) is 27.3 Å². The van der Waals surface area contributed by atoms with E-state index in [1.807, 2.05) is 12.1 Å². The monoisotopic (exact) mass is 448 g/mol. The predicted molar refractivity (Wildman–Crippen MR) is 107 cm³/mol. The maximum absolute atomic E-state index is 12.5. The Balaban J connectivity index is 2.18. The predicted octanol–water partition coefficient (Wildman–Crippen LogP) is 3.62. The van der Waals surface area contributed by atoms with E-state index in [-0.39, 0.29) is 0 Å². The molecule has 0 spiro atoms. The van der Waals surface area contributed by atoms with E-state index < -0.39 is 18.1 Å². The minimum atomic E-state index is -0.919. The van der Waals surface area contributed by atoms with Crippen LogP contribution in [0.1, 0.15) is 18.5 Å². The lowest BCUT2D eigenvalue weighted by Gasteiger charge is -2.19. The van der Waals surface area contributed by atoms with Crippen LogP contribution < -0.4 is 24.3 Å². The second-order valence-corrected chi connectivity index (χ2v) is 6.66. The summed E-state index contributed by atoms with van der Waals surface area (Å²) in [6, 6.07) is 11.5. The summed E-state index contributed by atoms with van der Waals surface area (Å²) >= 11 is 3.34. The molecule has 2 unspecified atom stereocenters. The number of methoxy groups -OCH3 is 3. The molecule has 0 aliphatic heterocycles. The van der Waals surface area contributed by atoms with Crippen molar-refractivity contribution in [3.63, 3.8) is 0 Å². The quantitative estimate of drug-likeness (QED) is 0.662. The number of rotatable bonds is 8. The lowest BCUT2D eigenvalue weighted by Crippen LogP contribution is -2.38. The van der Waals surface area contributed by atoms with Crippen molar-refractivity contribution in [1.29, 1.82) is 5.26 Å². The van der Waals surface area contributed by atoms with Crippen LogP contribution >= 0.6 is 15.9 Å². The number of hydrogen-bond acceptors (Lipinski definition) is 6. The van der Waals surface area contributed by atoms with Gasteiger partial charge in [-0.05, 0) is 48.9 Å². The molecule has 0 saturated carbocycles. The van der Waals surface area contributed by atoms with Gasteiger partial charge in [0.25, 0.3) is 5.91 Å². The van der Waals surface area contributed by atoms with Gasteiger partial charge in [0.2, 0.25) is 5.75 Å². The first-order valence-corrected chi connectivity index (χ1v) is 9.14. The summed E-state index contributed by atoms with van der Waals surface area (Å²) in [5.74, 6) is 1.31. The van der Waals surface area contributed by atoms with Crippen LogP contribution in [0.4, 0.5) is 0 Å². The number of nitriles is 1. The van der Waals surface area contributed by atoms with E-state index in [9.17, 15) is 10.1 Å². The Kier molecular flexibility index (Phi) is 7.52. The molecule has 7 nitrogen and oxygen atoms in total. The van der Waals surface area contributed by atoms with Crippen LogP contribution in [-0.2, 0) is 4.79 Å². The Labute approximate surface area is 172 Å². The summed E-state index contributed by atoms with van der Waals surface area (Å²) in [5.41, 5.74) is 0.501. The summed E-state index contributed by atoms with van der Waals surface area (Å²) in [7, 11) is 4.45. The normalized spacial score (nSPS) is 12.3. The summed E-state index contributed by atoms with van der Waals surface area (Å²) in [6.45, 7) is 1.61. The van der Waals surface area contributed by atoms with Crippen molar-refractivity contribution in [1.82, 2.24) is 5.32 Å². The summed E-state index contributed by atoms with van der Waals surface area (Å²) < 4.78 is 22.4. The molecule has 8 heteroatoms. The third-order valence-electron chi connectivity index (χ3n) is 3.93. The second-order valence-electron chi connectivity index (χ2n) is 5.74. The Morgan fingerprint density at radius 3 is 2.11 bits per heavy atom. The van der Waals surface area contributed by atoms with Gasteiger partial charge >= 0.3 is 0 Å². The molecule has 0 aromatic heterocycles. The van der Waals surface area contributed by atoms with Crippen LogP contribution in [0.5, 0.6) is 23.0 Å². The van der Waals surface area contributed by atoms with Gasteiger partial charge in [0, 0.05) is 4.47 Å². The number of amides is 1. The highest BCUT2D eigenvalue weighted by Crippen LogP contribution is 2.39. The van der Waals surface area contributed by atoms with E-state index in [4.69, 9.17) is 18.9 Å². The number of nitrogens with one attached hydrogen (secondary N) is 1. The lowest BCUT2D eigenvalue weighted by atomic mass is 10.1. The van der Waals surface area contributed by atoms with Crippen molar-refractivity contribution in [3.05, 3.63) is 46.4 Å². The molecule has 0 saturated heterocycles. The standard InChI is InChI=1S/C20H21BrN2O5/c1-12(28-15-7-5-14(21)6-8-15)20(24)23-16(11-22)13-9-17(25-2)19(27-4)18(10-13)26-3/h5-10,12,16H,1-4H3,(H,23,24). The van der Waals surface area contributed by atoms with Crippen LogP contribution in [0.25, 0.3) is 0 Å². The Morgan fingerprint density at radius 1 is 1.07 bits per heavy atom. The summed E-state index contributed by atoms with van der Waals surface area (Å²) in [4.78, 5) is 12.5. The Morgan fingerprint density at radius 2 is 1.64 bits per heavy atom. The first kappa shape index (κ1) is 21.4. The van der Waals surface area contributed by atoms with Gasteiger partial charge in [0.05, 0.1) is 27.4 Å². The van der Waals surface area contributed by atoms with E-state index in [0.29, 0.717) is 28.6 Å². The molecule has 0 aliphatic carbocycles. The molecule has 0 aliphatic rings. The van der Waals surface area contributed by atoms with Gasteiger partial charge in [-0.15, -0.1) is 0 Å². The number of hydrogen-bond donors (Lipinski definition) is 1. The first-order chi connectivity index (χ1) is 13.4. The minimum absolute atomic E-state index is 0.394. The molecular formula is C20H21BrN2O5. The van der Waals surface area contributed by atoms with Crippen LogP contribution in [0, 0.1) is 11.3 Å². The third kappa shape index (κ3) is 5.08. The number of ether oxygens (including phenoxy) is 4. The molecule has 28 heavy (non-hydrogen) atoms. The summed E-state index contributed by atoms with van der Waals surface area (Å²) in [6.07, 6.45) is -0.793. The minimum Gasteiger partial charge on any atom is -0.493 e. The van der Waals surface area contributed by atoms with Crippen molar-refractivity contribution in [3.8, 4) is 29.1 Å². The number of benzene rings is 2. The zero-order valence-electron chi connectivity index (χ0n) is 16.0. The van der Waals surface area contributed by atoms with E-state index >= 15 is 0 Å². The fourth-order valence-corrected chi connectivity index (χ4v) is 2.75. The average molecular weight is 449 g/mol. The number of halogens is 1. The van der Waals surface area contributed by atoms with Crippen LogP contribution in [0.3, 0.4) is 0 Å². The molecular weight excluding hydrogens is 428 g/mol. The van der Waals surface area contributed by atoms with Crippen molar-refractivity contribution < 1.29 is 23.7 Å². The zero-order chi connectivity index (χ0) is 20.7. The van der Waals surface area contributed by atoms with Crippen LogP contribution in [0.2, 0.25) is 0 Å². The molecule has 1 N–H and O–H groups in total. The fraction of sp³-hybridized carbons (Fsp3) is 0.300. The molecule has 2 atom stereocenters. The summed E-state index contributed by atoms with van der Waals surface area (Å²) in [5, 5.41) is 12.2. The maximum Gasteiger partial charge on any atom is 0.262 e. The van der Waals surface area contributed by atoms with Crippen LogP contribution in [0.15, 0.2) is 40.9 Å². The van der Waals surface area contributed by atoms with Gasteiger partial charge in [-0.25, -0.2) is 0 Å². The Hall–Kier alpha value is -2.92. The van der Waals surface area contributed by atoms with Crippen molar-refractivity contribution in [2.75, 3.05) is 21.3 Å². The smallest absolute Gasteiger partial charge is 0.262 e. The van der Waals surface area contributed by atoms with Gasteiger partial charge < -0.3 is 24.3 Å². The van der Waals surface area contributed by atoms with Crippen LogP contribution in [-0.4, -0.2) is 33.3 Å². The van der Waals surface area contributed by atoms with Crippen molar-refractivity contribution >= 4 is 21.8 Å². The topological polar surface area (TPSA) is 89.8 Å². The van der Waals surface area contributed by atoms with E-state index in [1.165, 1.54) is 21.3 Å². The van der Waals surface area contributed by atoms with Crippen molar-refractivity contribution in [2.24, 2.45) is 0 Å². The van der Waals surface area contributed by atoms with Crippen molar-refractivity contribution in [2.45, 2.75) is 19.1 Å². The molecule has 0 radical (unpaired) electrons. The first-order valence-electron chi connectivity index (χ1n) is 8.35. The van der Waals surface area contributed by atoms with Gasteiger partial charge in [0.15, 0.2) is 17.6 Å². The molecule has 1 amide bonds. The van der Waals surface area contributed by atoms with Gasteiger partial charge in [-0.3, -0.25) is 4.79 Å². The van der Waals surface area contributed by atoms with E-state index in [0.717, 1.165) is 4.47 Å². The van der Waals surface area contributed by atoms with Gasteiger partial charge in [0.1, 0.15) is 11.8 Å². The number of carbonyl (C=O) groups excluding carboxylic acids is 1. The molecule has 148 valence electrons. The van der Waals surface area contributed by atoms with Gasteiger partial charge in [-0.2, -0.15) is 5.26 Å². The molecule has 2 rings (SSSR count). The lowest BCUT2D eigenvalue weighted by molar-refractivity contribution is -0.127. The SMILES string of the molecule is COc1cc(C(C#N)NC(=O)C(C)Oc2ccc(Br)cc2)cc(OC)c1OC. The molecule has 0 bridgehead atoms. The zero-order valence-corrected chi connectivity index (χ0v) is 17.6. The second kappa shape index (κ2) is 9.85. The Bertz CT molecular complexity index is 839. The number of nitrogens with zero attached hydrogens (tertiary/aromatic N) is 1. The fourth-order valence-electron chi connectivity index (χ4n) is 2.49. The molecule has 0 heterocycles. The highest BCUT2D eigenvalue weighted by atomic mass is 79.9. The third-order valence-corrected chi connectivity index (χ3v) is 4.46. The highest BCUT2D eigenvalue weighted by Gasteiger charge is 2.23. The highest BCUT2D eigenvalue weighted by molar-refractivity contribution is 9.10. The van der Waals surface area contributed by atoms with E-state index in [1.54, 1.807) is 31.2 Å². The molecule has 2 aromatic carbocycles. The maximum atomic E-state index is 12.5. The average Bonchev–Trinajstić information content (AvgIpc) is 2.72. The van der Waals surface area contributed by atoms with Gasteiger partial charge in [-0.1, -0.05) is 15.9 Å².